The van der Waals surface area contributed by atoms with Gasteiger partial charge in [0.1, 0.15) is 0 Å². The van der Waals surface area contributed by atoms with Crippen molar-refractivity contribution in [2.45, 2.75) is 5.37 Å². The third kappa shape index (κ3) is 2.30. The van der Waals surface area contributed by atoms with E-state index in [1.54, 1.807) is 6.07 Å². The van der Waals surface area contributed by atoms with E-state index in [2.05, 4.69) is 5.32 Å². The van der Waals surface area contributed by atoms with Gasteiger partial charge in [0.2, 0.25) is 0 Å². The Morgan fingerprint density at radius 1 is 1.44 bits per heavy atom. The summed E-state index contributed by atoms with van der Waals surface area (Å²) >= 11 is 0.854. The van der Waals surface area contributed by atoms with Crippen LogP contribution < -0.4 is 10.4 Å². The van der Waals surface area contributed by atoms with Crippen LogP contribution in [0.25, 0.3) is 0 Å². The SMILES string of the molecule is CN1C(=O)S[C@H](Nc2cccc(C(=O)[O-])c2)C1=O. The van der Waals surface area contributed by atoms with E-state index >= 15 is 0 Å². The van der Waals surface area contributed by atoms with Crippen molar-refractivity contribution < 1.29 is 19.5 Å². The molecule has 1 aromatic carbocycles. The highest BCUT2D eigenvalue weighted by Crippen LogP contribution is 2.27. The molecular weight excluding hydrogens is 256 g/mol. The Bertz CT molecular complexity index is 532. The Balaban J connectivity index is 2.15. The fourth-order valence-corrected chi connectivity index (χ4v) is 2.38. The van der Waals surface area contributed by atoms with Gasteiger partial charge in [-0.3, -0.25) is 14.5 Å². The fraction of sp³-hybridized carbons (Fsp3) is 0.182. The maximum absolute atomic E-state index is 11.6. The van der Waals surface area contributed by atoms with Crippen molar-refractivity contribution in [3.05, 3.63) is 29.8 Å². The van der Waals surface area contributed by atoms with Gasteiger partial charge in [-0.1, -0.05) is 12.1 Å². The van der Waals surface area contributed by atoms with Gasteiger partial charge in [0.15, 0.2) is 5.37 Å². The molecule has 18 heavy (non-hydrogen) atoms. The molecule has 0 spiro atoms. The van der Waals surface area contributed by atoms with Gasteiger partial charge in [0.05, 0.1) is 5.97 Å². The van der Waals surface area contributed by atoms with Crippen LogP contribution in [0.1, 0.15) is 10.4 Å². The molecule has 1 aromatic rings. The van der Waals surface area contributed by atoms with Crippen molar-refractivity contribution >= 4 is 34.6 Å². The molecule has 0 aromatic heterocycles. The van der Waals surface area contributed by atoms with Gasteiger partial charge in [-0.25, -0.2) is 0 Å². The third-order valence-corrected chi connectivity index (χ3v) is 3.47. The topological polar surface area (TPSA) is 89.5 Å². The summed E-state index contributed by atoms with van der Waals surface area (Å²) in [5, 5.41) is 12.4. The molecule has 1 heterocycles. The van der Waals surface area contributed by atoms with Crippen molar-refractivity contribution in [2.24, 2.45) is 0 Å². The predicted octanol–water partition coefficient (Wildman–Crippen LogP) is 0.113. The molecule has 2 rings (SSSR count). The van der Waals surface area contributed by atoms with E-state index in [9.17, 15) is 19.5 Å². The Morgan fingerprint density at radius 2 is 2.17 bits per heavy atom. The van der Waals surface area contributed by atoms with E-state index < -0.39 is 11.3 Å². The molecule has 6 nitrogen and oxygen atoms in total. The van der Waals surface area contributed by atoms with Gasteiger partial charge in [-0.2, -0.15) is 0 Å². The van der Waals surface area contributed by atoms with Crippen LogP contribution in [-0.2, 0) is 4.79 Å². The second kappa shape index (κ2) is 4.69. The van der Waals surface area contributed by atoms with Gasteiger partial charge in [-0.15, -0.1) is 0 Å². The van der Waals surface area contributed by atoms with Crippen LogP contribution in [0, 0.1) is 0 Å². The van der Waals surface area contributed by atoms with Crippen LogP contribution in [0.5, 0.6) is 0 Å². The van der Waals surface area contributed by atoms with E-state index in [1.165, 1.54) is 25.2 Å². The number of carbonyl (C=O) groups is 3. The highest BCUT2D eigenvalue weighted by molar-refractivity contribution is 8.15. The van der Waals surface area contributed by atoms with Crippen LogP contribution in [0.3, 0.4) is 0 Å². The van der Waals surface area contributed by atoms with Crippen molar-refractivity contribution in [3.63, 3.8) is 0 Å². The third-order valence-electron chi connectivity index (χ3n) is 2.44. The van der Waals surface area contributed by atoms with Gasteiger partial charge in [0, 0.05) is 12.7 Å². The minimum atomic E-state index is -1.29. The highest BCUT2D eigenvalue weighted by Gasteiger charge is 2.37. The van der Waals surface area contributed by atoms with Crippen molar-refractivity contribution in [1.82, 2.24) is 4.90 Å². The van der Waals surface area contributed by atoms with Crippen molar-refractivity contribution in [2.75, 3.05) is 12.4 Å². The number of nitrogens with one attached hydrogen (secondary N) is 1. The zero-order valence-electron chi connectivity index (χ0n) is 9.38. The van der Waals surface area contributed by atoms with Crippen LogP contribution in [0.4, 0.5) is 10.5 Å². The number of nitrogens with zero attached hydrogens (tertiary/aromatic N) is 1. The molecule has 1 saturated heterocycles. The second-order valence-corrected chi connectivity index (χ2v) is 4.73. The average Bonchev–Trinajstić information content (AvgIpc) is 2.57. The van der Waals surface area contributed by atoms with Gasteiger partial charge in [-0.05, 0) is 29.5 Å². The largest absolute Gasteiger partial charge is 0.545 e. The van der Waals surface area contributed by atoms with Gasteiger partial charge < -0.3 is 15.2 Å². The predicted molar refractivity (Wildman–Crippen MR) is 63.9 cm³/mol. The molecule has 1 aliphatic heterocycles. The van der Waals surface area contributed by atoms with Crippen molar-refractivity contribution in [3.8, 4) is 0 Å². The Labute approximate surface area is 107 Å². The van der Waals surface area contributed by atoms with Crippen LogP contribution in [0.2, 0.25) is 0 Å². The first-order chi connectivity index (χ1) is 8.49. The quantitative estimate of drug-likeness (QED) is 0.834. The molecule has 1 N–H and O–H groups in total. The molecule has 0 saturated carbocycles. The van der Waals surface area contributed by atoms with E-state index in [0.29, 0.717) is 5.69 Å². The first-order valence-corrected chi connectivity index (χ1v) is 5.93. The summed E-state index contributed by atoms with van der Waals surface area (Å²) in [6, 6.07) is 5.89. The lowest BCUT2D eigenvalue weighted by atomic mass is 10.2. The van der Waals surface area contributed by atoms with E-state index in [4.69, 9.17) is 0 Å². The lowest BCUT2D eigenvalue weighted by Crippen LogP contribution is -2.31. The van der Waals surface area contributed by atoms with Crippen LogP contribution in [-0.4, -0.2) is 34.4 Å². The molecular formula is C11H9N2O4S-. The highest BCUT2D eigenvalue weighted by atomic mass is 32.2. The molecule has 0 radical (unpaired) electrons. The standard InChI is InChI=1S/C11H10N2O4S/c1-13-9(14)8(18-11(13)17)12-7-4-2-3-6(5-7)10(15)16/h2-5,8,12H,1H3,(H,15,16)/p-1/t8-/m0/s1. The molecule has 1 aliphatic rings. The maximum atomic E-state index is 11.6. The number of aromatic carboxylic acids is 1. The zero-order valence-corrected chi connectivity index (χ0v) is 10.2. The number of anilines is 1. The van der Waals surface area contributed by atoms with Crippen LogP contribution in [0.15, 0.2) is 24.3 Å². The first kappa shape index (κ1) is 12.4. The summed E-state index contributed by atoms with van der Waals surface area (Å²) in [4.78, 5) is 34.6. The summed E-state index contributed by atoms with van der Waals surface area (Å²) in [7, 11) is 1.40. The summed E-state index contributed by atoms with van der Waals surface area (Å²) in [6.45, 7) is 0. The number of imide groups is 1. The number of hydrogen-bond acceptors (Lipinski definition) is 6. The van der Waals surface area contributed by atoms with E-state index in [-0.39, 0.29) is 16.7 Å². The molecule has 0 bridgehead atoms. The van der Waals surface area contributed by atoms with Crippen LogP contribution >= 0.6 is 11.8 Å². The molecule has 7 heteroatoms. The van der Waals surface area contributed by atoms with E-state index in [1.807, 2.05) is 0 Å². The zero-order chi connectivity index (χ0) is 13.3. The minimum Gasteiger partial charge on any atom is -0.545 e. The Kier molecular flexibility index (Phi) is 3.24. The molecule has 0 aliphatic carbocycles. The Hall–Kier alpha value is -2.02. The van der Waals surface area contributed by atoms with E-state index in [0.717, 1.165) is 16.7 Å². The molecule has 0 unspecified atom stereocenters. The molecule has 1 fully saturated rings. The average molecular weight is 265 g/mol. The van der Waals surface area contributed by atoms with Crippen molar-refractivity contribution in [1.29, 1.82) is 0 Å². The summed E-state index contributed by atoms with van der Waals surface area (Å²) in [5.41, 5.74) is 0.459. The number of amides is 2. The first-order valence-electron chi connectivity index (χ1n) is 5.05. The minimum absolute atomic E-state index is 0.00938. The summed E-state index contributed by atoms with van der Waals surface area (Å²) in [5.74, 6) is -1.65. The molecule has 94 valence electrons. The Morgan fingerprint density at radius 3 is 2.72 bits per heavy atom. The molecule has 1 atom stereocenters. The summed E-state index contributed by atoms with van der Waals surface area (Å²) in [6.07, 6.45) is 0. The summed E-state index contributed by atoms with van der Waals surface area (Å²) < 4.78 is 0. The second-order valence-electron chi connectivity index (χ2n) is 3.67. The monoisotopic (exact) mass is 265 g/mol. The normalized spacial score (nSPS) is 19.2. The maximum Gasteiger partial charge on any atom is 0.290 e. The fourth-order valence-electron chi connectivity index (χ4n) is 1.47. The number of carboxylic acid groups (broad SMARTS) is 1. The number of carbonyl (C=O) groups excluding carboxylic acids is 3. The van der Waals surface area contributed by atoms with Gasteiger partial charge in [0.25, 0.3) is 11.1 Å². The number of thioether (sulfide) groups is 1. The lowest BCUT2D eigenvalue weighted by molar-refractivity contribution is -0.255. The van der Waals surface area contributed by atoms with Gasteiger partial charge >= 0.3 is 0 Å². The lowest BCUT2D eigenvalue weighted by Gasteiger charge is -2.12. The number of likely N-dealkylation sites (N-methyl/N-ethyl adjacent to an activating group) is 1. The smallest absolute Gasteiger partial charge is 0.290 e. The number of benzene rings is 1. The number of hydrogen-bond donors (Lipinski definition) is 1. The number of carboxylic acids is 1. The number of rotatable bonds is 3. The molecule has 2 amide bonds.